The molecule has 3 heterocycles. The van der Waals surface area contributed by atoms with Gasteiger partial charge in [0, 0.05) is 30.7 Å². The van der Waals surface area contributed by atoms with Gasteiger partial charge in [-0.2, -0.15) is 5.10 Å². The Bertz CT molecular complexity index is 1060. The lowest BCUT2D eigenvalue weighted by molar-refractivity contribution is -0.105. The lowest BCUT2D eigenvalue weighted by Crippen LogP contribution is -2.00. The molecule has 0 bridgehead atoms. The summed E-state index contributed by atoms with van der Waals surface area (Å²) in [5.74, 6) is 0.694. The van der Waals surface area contributed by atoms with Crippen LogP contribution >= 0.6 is 0 Å². The molecule has 3 aromatic heterocycles. The van der Waals surface area contributed by atoms with E-state index in [1.807, 2.05) is 31.3 Å². The Morgan fingerprint density at radius 1 is 1.12 bits per heavy atom. The summed E-state index contributed by atoms with van der Waals surface area (Å²) in [6.07, 6.45) is 5.62. The number of rotatable bonds is 5. The van der Waals surface area contributed by atoms with Gasteiger partial charge in [0.25, 0.3) is 0 Å². The van der Waals surface area contributed by atoms with Gasteiger partial charge in [-0.3, -0.25) is 9.78 Å². The maximum absolute atomic E-state index is 10.6. The molecule has 4 aromatic rings. The average Bonchev–Trinajstić information content (AvgIpc) is 3.09. The summed E-state index contributed by atoms with van der Waals surface area (Å²) >= 11 is 0. The molecule has 0 atom stereocenters. The number of nitrogens with zero attached hydrogens (tertiary/aromatic N) is 5. The molecule has 0 unspecified atom stereocenters. The highest BCUT2D eigenvalue weighted by molar-refractivity contribution is 5.99. The second-order valence-corrected chi connectivity index (χ2v) is 5.48. The molecular weight excluding hydrogens is 330 g/mol. The van der Waals surface area contributed by atoms with Gasteiger partial charge >= 0.3 is 0 Å². The molecular formula is C18H15N7O. The lowest BCUT2D eigenvalue weighted by Gasteiger charge is -2.05. The van der Waals surface area contributed by atoms with Gasteiger partial charge in [0.1, 0.15) is 17.8 Å². The topological polar surface area (TPSA) is 97.6 Å². The van der Waals surface area contributed by atoms with E-state index in [0.717, 1.165) is 22.3 Å². The van der Waals surface area contributed by atoms with Crippen LogP contribution in [0, 0.1) is 0 Å². The zero-order chi connectivity index (χ0) is 17.9. The molecule has 0 saturated heterocycles. The number of hydrogen-bond donors (Lipinski definition) is 2. The number of carbonyl (C=O) groups is 1. The molecule has 0 spiro atoms. The zero-order valence-corrected chi connectivity index (χ0v) is 13.9. The summed E-state index contributed by atoms with van der Waals surface area (Å²) in [7, 11) is 1.81. The minimum absolute atomic E-state index is 0.644. The number of pyridine rings is 1. The van der Waals surface area contributed by atoms with Crippen molar-refractivity contribution in [1.29, 1.82) is 0 Å². The van der Waals surface area contributed by atoms with Crippen LogP contribution in [0.4, 0.5) is 11.5 Å². The van der Waals surface area contributed by atoms with Gasteiger partial charge < -0.3 is 10.6 Å². The molecule has 1 aromatic carbocycles. The Morgan fingerprint density at radius 2 is 1.96 bits per heavy atom. The first-order valence-corrected chi connectivity index (χ1v) is 7.94. The monoisotopic (exact) mass is 345 g/mol. The molecule has 0 radical (unpaired) electrons. The van der Waals surface area contributed by atoms with Crippen LogP contribution in [0.15, 0.2) is 55.1 Å². The summed E-state index contributed by atoms with van der Waals surface area (Å²) in [5, 5.41) is 11.3. The summed E-state index contributed by atoms with van der Waals surface area (Å²) in [6.45, 7) is 0. The van der Waals surface area contributed by atoms with Gasteiger partial charge in [-0.25, -0.2) is 14.6 Å². The molecule has 2 N–H and O–H groups in total. The van der Waals surface area contributed by atoms with Gasteiger partial charge in [0.05, 0.1) is 11.1 Å². The third-order valence-electron chi connectivity index (χ3n) is 3.97. The smallest absolute Gasteiger partial charge is 0.211 e. The second kappa shape index (κ2) is 6.60. The minimum Gasteiger partial charge on any atom is -0.372 e. The van der Waals surface area contributed by atoms with Gasteiger partial charge in [-0.15, -0.1) is 0 Å². The predicted molar refractivity (Wildman–Crippen MR) is 99.1 cm³/mol. The van der Waals surface area contributed by atoms with Crippen molar-refractivity contribution in [2.24, 2.45) is 0 Å². The van der Waals surface area contributed by atoms with Crippen LogP contribution in [-0.2, 0) is 4.79 Å². The molecule has 0 fully saturated rings. The van der Waals surface area contributed by atoms with Crippen molar-refractivity contribution in [2.75, 3.05) is 17.7 Å². The van der Waals surface area contributed by atoms with Crippen LogP contribution in [0.3, 0.4) is 0 Å². The van der Waals surface area contributed by atoms with E-state index in [4.69, 9.17) is 5.10 Å². The first-order valence-electron chi connectivity index (χ1n) is 7.94. The number of nitrogens with one attached hydrogen (secondary N) is 2. The second-order valence-electron chi connectivity index (χ2n) is 5.48. The zero-order valence-electron chi connectivity index (χ0n) is 13.9. The Labute approximate surface area is 148 Å². The standard InChI is InChI=1S/C18H15N7O/c1-19-17-15-16(12-3-2-8-20-9-12)24-25(18(15)22-10-21-17)14-6-4-13(5-7-14)23-11-26/h2-11H,1H3,(H,23,26)(H,19,21,22). The summed E-state index contributed by atoms with van der Waals surface area (Å²) in [5.41, 5.74) is 3.83. The molecule has 1 amide bonds. The van der Waals surface area contributed by atoms with Crippen LogP contribution in [0.1, 0.15) is 0 Å². The van der Waals surface area contributed by atoms with Crippen molar-refractivity contribution in [2.45, 2.75) is 0 Å². The van der Waals surface area contributed by atoms with E-state index in [0.29, 0.717) is 23.6 Å². The first-order chi connectivity index (χ1) is 12.8. The van der Waals surface area contributed by atoms with Crippen molar-refractivity contribution < 1.29 is 4.79 Å². The highest BCUT2D eigenvalue weighted by Crippen LogP contribution is 2.32. The largest absolute Gasteiger partial charge is 0.372 e. The van der Waals surface area contributed by atoms with Crippen molar-refractivity contribution >= 4 is 28.9 Å². The van der Waals surface area contributed by atoms with E-state index in [2.05, 4.69) is 25.6 Å². The molecule has 26 heavy (non-hydrogen) atoms. The average molecular weight is 345 g/mol. The van der Waals surface area contributed by atoms with Gasteiger partial charge in [0.2, 0.25) is 6.41 Å². The first kappa shape index (κ1) is 15.7. The van der Waals surface area contributed by atoms with Crippen molar-refractivity contribution in [3.63, 3.8) is 0 Å². The summed E-state index contributed by atoms with van der Waals surface area (Å²) < 4.78 is 1.75. The molecule has 0 saturated carbocycles. The highest BCUT2D eigenvalue weighted by atomic mass is 16.1. The van der Waals surface area contributed by atoms with Gasteiger partial charge in [-0.1, -0.05) is 0 Å². The quantitative estimate of drug-likeness (QED) is 0.539. The Kier molecular flexibility index (Phi) is 3.98. The van der Waals surface area contributed by atoms with Crippen molar-refractivity contribution in [3.05, 3.63) is 55.1 Å². The maximum atomic E-state index is 10.6. The fourth-order valence-electron chi connectivity index (χ4n) is 2.79. The van der Waals surface area contributed by atoms with Crippen molar-refractivity contribution in [1.82, 2.24) is 24.7 Å². The van der Waals surface area contributed by atoms with Gasteiger partial charge in [-0.05, 0) is 36.4 Å². The third kappa shape index (κ3) is 2.63. The molecule has 0 aliphatic carbocycles. The molecule has 8 nitrogen and oxygen atoms in total. The number of benzene rings is 1. The Morgan fingerprint density at radius 3 is 2.65 bits per heavy atom. The number of hydrogen-bond acceptors (Lipinski definition) is 6. The number of fused-ring (bicyclic) bond motifs is 1. The summed E-state index contributed by atoms with van der Waals surface area (Å²) in [4.78, 5) is 23.5. The SMILES string of the molecule is CNc1ncnc2c1c(-c1cccnc1)nn2-c1ccc(NC=O)cc1. The number of aromatic nitrogens is 5. The number of anilines is 2. The van der Waals surface area contributed by atoms with Crippen LogP contribution in [-0.4, -0.2) is 38.2 Å². The number of carbonyl (C=O) groups excluding carboxylic acids is 1. The Hall–Kier alpha value is -3.81. The molecule has 8 heteroatoms. The van der Waals surface area contributed by atoms with Crippen LogP contribution in [0.2, 0.25) is 0 Å². The van der Waals surface area contributed by atoms with Crippen LogP contribution in [0.25, 0.3) is 28.0 Å². The van der Waals surface area contributed by atoms with Crippen LogP contribution < -0.4 is 10.6 Å². The molecule has 4 rings (SSSR count). The van der Waals surface area contributed by atoms with E-state index in [-0.39, 0.29) is 0 Å². The van der Waals surface area contributed by atoms with E-state index in [1.54, 1.807) is 29.2 Å². The minimum atomic E-state index is 0.644. The fourth-order valence-corrected chi connectivity index (χ4v) is 2.79. The normalized spacial score (nSPS) is 10.7. The predicted octanol–water partition coefficient (Wildman–Crippen LogP) is 2.49. The molecule has 0 aliphatic rings. The van der Waals surface area contributed by atoms with Crippen LogP contribution in [0.5, 0.6) is 0 Å². The third-order valence-corrected chi connectivity index (χ3v) is 3.97. The molecule has 0 aliphatic heterocycles. The Balaban J connectivity index is 1.94. The van der Waals surface area contributed by atoms with E-state index in [1.165, 1.54) is 6.33 Å². The maximum Gasteiger partial charge on any atom is 0.211 e. The van der Waals surface area contributed by atoms with E-state index >= 15 is 0 Å². The fraction of sp³-hybridized carbons (Fsp3) is 0.0556. The molecule has 128 valence electrons. The summed E-state index contributed by atoms with van der Waals surface area (Å²) in [6, 6.07) is 11.2. The highest BCUT2D eigenvalue weighted by Gasteiger charge is 2.18. The van der Waals surface area contributed by atoms with Gasteiger partial charge in [0.15, 0.2) is 5.65 Å². The van der Waals surface area contributed by atoms with E-state index in [9.17, 15) is 4.79 Å². The lowest BCUT2D eigenvalue weighted by atomic mass is 10.1. The number of amides is 1. The van der Waals surface area contributed by atoms with E-state index < -0.39 is 0 Å². The van der Waals surface area contributed by atoms with Crippen molar-refractivity contribution in [3.8, 4) is 16.9 Å².